The Morgan fingerprint density at radius 2 is 2.21 bits per heavy atom. The third-order valence-electron chi connectivity index (χ3n) is 2.15. The molecular weight excluding hydrogens is 178 g/mol. The van der Waals surface area contributed by atoms with E-state index in [4.69, 9.17) is 10.8 Å². The molecule has 3 N–H and O–H groups in total. The Morgan fingerprint density at radius 1 is 1.50 bits per heavy atom. The molecule has 0 amide bonds. The van der Waals surface area contributed by atoms with Crippen LogP contribution in [-0.4, -0.2) is 17.6 Å². The summed E-state index contributed by atoms with van der Waals surface area (Å²) in [6.45, 7) is 2.48. The fourth-order valence-corrected chi connectivity index (χ4v) is 1.40. The molecule has 0 aliphatic heterocycles. The first-order valence-electron chi connectivity index (χ1n) is 4.68. The number of carboxylic acid groups (broad SMARTS) is 1. The predicted molar refractivity (Wildman–Crippen MR) is 55.5 cm³/mol. The van der Waals surface area contributed by atoms with E-state index in [-0.39, 0.29) is 0 Å². The first-order valence-corrected chi connectivity index (χ1v) is 4.68. The van der Waals surface area contributed by atoms with Crippen molar-refractivity contribution >= 4 is 5.97 Å². The highest BCUT2D eigenvalue weighted by molar-refractivity contribution is 5.89. The monoisotopic (exact) mass is 193 g/mol. The van der Waals surface area contributed by atoms with Gasteiger partial charge in [0.05, 0.1) is 5.56 Å². The van der Waals surface area contributed by atoms with Crippen LogP contribution < -0.4 is 5.73 Å². The van der Waals surface area contributed by atoms with Crippen molar-refractivity contribution in [3.8, 4) is 0 Å². The average molecular weight is 193 g/mol. The largest absolute Gasteiger partial charge is 0.478 e. The van der Waals surface area contributed by atoms with Crippen molar-refractivity contribution in [1.29, 1.82) is 0 Å². The van der Waals surface area contributed by atoms with E-state index in [2.05, 4.69) is 0 Å². The lowest BCUT2D eigenvalue weighted by atomic mass is 10.0. The maximum absolute atomic E-state index is 10.9. The summed E-state index contributed by atoms with van der Waals surface area (Å²) < 4.78 is 0. The Balaban J connectivity index is 2.96. The molecule has 14 heavy (non-hydrogen) atoms. The van der Waals surface area contributed by atoms with Gasteiger partial charge in [0.2, 0.25) is 0 Å². The Labute approximate surface area is 83.6 Å². The molecule has 76 valence electrons. The SMILES string of the molecule is Cc1ccc(CCCN)c(C(=O)O)c1. The van der Waals surface area contributed by atoms with Crippen LogP contribution in [0.5, 0.6) is 0 Å². The summed E-state index contributed by atoms with van der Waals surface area (Å²) in [4.78, 5) is 10.9. The molecule has 0 unspecified atom stereocenters. The molecule has 3 heteroatoms. The molecule has 0 atom stereocenters. The van der Waals surface area contributed by atoms with Crippen molar-refractivity contribution in [2.75, 3.05) is 6.54 Å². The van der Waals surface area contributed by atoms with Gasteiger partial charge in [-0.1, -0.05) is 17.7 Å². The van der Waals surface area contributed by atoms with Crippen LogP contribution in [0.4, 0.5) is 0 Å². The summed E-state index contributed by atoms with van der Waals surface area (Å²) in [6.07, 6.45) is 1.56. The van der Waals surface area contributed by atoms with Crippen molar-refractivity contribution in [2.45, 2.75) is 19.8 Å². The highest BCUT2D eigenvalue weighted by atomic mass is 16.4. The van der Waals surface area contributed by atoms with Crippen LogP contribution in [0.3, 0.4) is 0 Å². The molecule has 0 heterocycles. The fourth-order valence-electron chi connectivity index (χ4n) is 1.40. The van der Waals surface area contributed by atoms with Gasteiger partial charge in [-0.2, -0.15) is 0 Å². The lowest BCUT2D eigenvalue weighted by molar-refractivity contribution is 0.0695. The van der Waals surface area contributed by atoms with Crippen molar-refractivity contribution in [3.05, 3.63) is 34.9 Å². The quantitative estimate of drug-likeness (QED) is 0.763. The number of hydrogen-bond donors (Lipinski definition) is 2. The molecule has 0 saturated heterocycles. The van der Waals surface area contributed by atoms with Crippen LogP contribution in [0.15, 0.2) is 18.2 Å². The smallest absolute Gasteiger partial charge is 0.335 e. The highest BCUT2D eigenvalue weighted by Gasteiger charge is 2.09. The molecule has 0 radical (unpaired) electrons. The summed E-state index contributed by atoms with van der Waals surface area (Å²) in [6, 6.07) is 5.50. The molecule has 0 bridgehead atoms. The second-order valence-electron chi connectivity index (χ2n) is 3.36. The van der Waals surface area contributed by atoms with Gasteiger partial charge in [-0.05, 0) is 37.9 Å². The molecule has 1 rings (SSSR count). The van der Waals surface area contributed by atoms with E-state index in [0.29, 0.717) is 12.1 Å². The Morgan fingerprint density at radius 3 is 2.79 bits per heavy atom. The summed E-state index contributed by atoms with van der Waals surface area (Å²) in [5.41, 5.74) is 7.63. The number of rotatable bonds is 4. The first kappa shape index (κ1) is 10.7. The number of aryl methyl sites for hydroxylation is 2. The van der Waals surface area contributed by atoms with Crippen molar-refractivity contribution in [3.63, 3.8) is 0 Å². The highest BCUT2D eigenvalue weighted by Crippen LogP contribution is 2.13. The number of carbonyl (C=O) groups is 1. The maximum atomic E-state index is 10.9. The molecule has 0 saturated carbocycles. The van der Waals surface area contributed by atoms with Crippen molar-refractivity contribution < 1.29 is 9.90 Å². The van der Waals surface area contributed by atoms with Gasteiger partial charge >= 0.3 is 5.97 Å². The lowest BCUT2D eigenvalue weighted by Gasteiger charge is -2.05. The molecule has 0 aliphatic rings. The van der Waals surface area contributed by atoms with E-state index in [0.717, 1.165) is 24.0 Å². The summed E-state index contributed by atoms with van der Waals surface area (Å²) in [5.74, 6) is -0.860. The third-order valence-corrected chi connectivity index (χ3v) is 2.15. The second kappa shape index (κ2) is 4.77. The zero-order chi connectivity index (χ0) is 10.6. The molecule has 3 nitrogen and oxygen atoms in total. The minimum absolute atomic E-state index is 0.401. The van der Waals surface area contributed by atoms with E-state index in [1.165, 1.54) is 0 Å². The van der Waals surface area contributed by atoms with Crippen LogP contribution in [0, 0.1) is 6.92 Å². The van der Waals surface area contributed by atoms with Crippen LogP contribution >= 0.6 is 0 Å². The van der Waals surface area contributed by atoms with Crippen LogP contribution in [-0.2, 0) is 6.42 Å². The van der Waals surface area contributed by atoms with E-state index in [1.807, 2.05) is 19.1 Å². The summed E-state index contributed by atoms with van der Waals surface area (Å²) in [5, 5.41) is 8.96. The first-order chi connectivity index (χ1) is 6.65. The van der Waals surface area contributed by atoms with Gasteiger partial charge in [-0.15, -0.1) is 0 Å². The van der Waals surface area contributed by atoms with Crippen molar-refractivity contribution in [1.82, 2.24) is 0 Å². The summed E-state index contributed by atoms with van der Waals surface area (Å²) in [7, 11) is 0. The van der Waals surface area contributed by atoms with E-state index < -0.39 is 5.97 Å². The zero-order valence-electron chi connectivity index (χ0n) is 8.29. The summed E-state index contributed by atoms with van der Waals surface area (Å²) >= 11 is 0. The topological polar surface area (TPSA) is 63.3 Å². The molecular formula is C11H15NO2. The predicted octanol–water partition coefficient (Wildman–Crippen LogP) is 1.58. The van der Waals surface area contributed by atoms with Gasteiger partial charge in [0.15, 0.2) is 0 Å². The molecule has 0 spiro atoms. The molecule has 0 fully saturated rings. The van der Waals surface area contributed by atoms with E-state index >= 15 is 0 Å². The normalized spacial score (nSPS) is 10.1. The van der Waals surface area contributed by atoms with Gasteiger partial charge in [0.1, 0.15) is 0 Å². The molecule has 0 aliphatic carbocycles. The second-order valence-corrected chi connectivity index (χ2v) is 3.36. The van der Waals surface area contributed by atoms with E-state index in [1.54, 1.807) is 6.07 Å². The van der Waals surface area contributed by atoms with Crippen LogP contribution in [0.2, 0.25) is 0 Å². The third kappa shape index (κ3) is 2.57. The van der Waals surface area contributed by atoms with Crippen LogP contribution in [0.1, 0.15) is 27.9 Å². The number of nitrogens with two attached hydrogens (primary N) is 1. The van der Waals surface area contributed by atoms with Gasteiger partial charge in [-0.3, -0.25) is 0 Å². The van der Waals surface area contributed by atoms with Gasteiger partial charge in [0, 0.05) is 0 Å². The minimum atomic E-state index is -0.860. The maximum Gasteiger partial charge on any atom is 0.335 e. The van der Waals surface area contributed by atoms with Gasteiger partial charge in [-0.25, -0.2) is 4.79 Å². The number of carboxylic acids is 1. The number of hydrogen-bond acceptors (Lipinski definition) is 2. The fraction of sp³-hybridized carbons (Fsp3) is 0.364. The van der Waals surface area contributed by atoms with Crippen molar-refractivity contribution in [2.24, 2.45) is 5.73 Å². The van der Waals surface area contributed by atoms with Gasteiger partial charge in [0.25, 0.3) is 0 Å². The Hall–Kier alpha value is -1.35. The molecule has 1 aromatic rings. The molecule has 1 aromatic carbocycles. The number of aromatic carboxylic acids is 1. The standard InChI is InChI=1S/C11H15NO2/c1-8-4-5-9(3-2-6-12)10(7-8)11(13)14/h4-5,7H,2-3,6,12H2,1H3,(H,13,14). The zero-order valence-corrected chi connectivity index (χ0v) is 8.29. The Bertz CT molecular complexity index is 334. The average Bonchev–Trinajstić information content (AvgIpc) is 2.15. The van der Waals surface area contributed by atoms with E-state index in [9.17, 15) is 4.79 Å². The van der Waals surface area contributed by atoms with Crippen LogP contribution in [0.25, 0.3) is 0 Å². The number of benzene rings is 1. The lowest BCUT2D eigenvalue weighted by Crippen LogP contribution is -2.06. The van der Waals surface area contributed by atoms with Gasteiger partial charge < -0.3 is 10.8 Å². The minimum Gasteiger partial charge on any atom is -0.478 e. The Kier molecular flexibility index (Phi) is 3.65. The molecule has 0 aromatic heterocycles.